The quantitative estimate of drug-likeness (QED) is 0.929. The largest absolute Gasteiger partial charge is 0.483 e. The van der Waals surface area contributed by atoms with Crippen molar-refractivity contribution in [1.29, 1.82) is 0 Å². The molecule has 3 nitrogen and oxygen atoms in total. The van der Waals surface area contributed by atoms with Gasteiger partial charge in [0.1, 0.15) is 11.6 Å². The van der Waals surface area contributed by atoms with Gasteiger partial charge in [0.15, 0.2) is 6.61 Å². The summed E-state index contributed by atoms with van der Waals surface area (Å²) >= 11 is 0. The van der Waals surface area contributed by atoms with Crippen LogP contribution in [0.15, 0.2) is 36.4 Å². The molecule has 1 amide bonds. The normalized spacial score (nSPS) is 10.3. The Bertz CT molecular complexity index is 668. The van der Waals surface area contributed by atoms with E-state index in [0.717, 1.165) is 11.1 Å². The number of rotatable bonds is 4. The Kier molecular flexibility index (Phi) is 4.58. The molecule has 2 aromatic rings. The van der Waals surface area contributed by atoms with Crippen LogP contribution in [0.1, 0.15) is 16.7 Å². The molecule has 1 N–H and O–H groups in total. The summed E-state index contributed by atoms with van der Waals surface area (Å²) in [6, 6.07) is 10.1. The van der Waals surface area contributed by atoms with Gasteiger partial charge in [-0.3, -0.25) is 4.79 Å². The molecule has 4 heteroatoms. The zero-order chi connectivity index (χ0) is 15.4. The smallest absolute Gasteiger partial charge is 0.262 e. The second-order valence-electron chi connectivity index (χ2n) is 5.07. The average Bonchev–Trinajstić information content (AvgIpc) is 2.43. The summed E-state index contributed by atoms with van der Waals surface area (Å²) in [6.07, 6.45) is 0. The Balaban J connectivity index is 1.97. The highest BCUT2D eigenvalue weighted by molar-refractivity contribution is 5.92. The van der Waals surface area contributed by atoms with Crippen molar-refractivity contribution >= 4 is 11.6 Å². The highest BCUT2D eigenvalue weighted by Gasteiger charge is 2.08. The predicted octanol–water partition coefficient (Wildman–Crippen LogP) is 3.77. The monoisotopic (exact) mass is 287 g/mol. The van der Waals surface area contributed by atoms with E-state index in [4.69, 9.17) is 4.74 Å². The van der Waals surface area contributed by atoms with Crippen molar-refractivity contribution in [3.8, 4) is 5.75 Å². The fourth-order valence-corrected chi connectivity index (χ4v) is 1.96. The first-order chi connectivity index (χ1) is 9.95. The molecular formula is C17H18FNO2. The van der Waals surface area contributed by atoms with E-state index >= 15 is 0 Å². The van der Waals surface area contributed by atoms with Gasteiger partial charge in [0, 0.05) is 5.69 Å². The molecule has 0 aromatic heterocycles. The van der Waals surface area contributed by atoms with Crippen LogP contribution < -0.4 is 10.1 Å². The van der Waals surface area contributed by atoms with Gasteiger partial charge in [-0.15, -0.1) is 0 Å². The summed E-state index contributed by atoms with van der Waals surface area (Å²) in [5.41, 5.74) is 3.32. The SMILES string of the molecule is Cc1ccc(C)c(OCC(=O)Nc2ccc(F)cc2C)c1. The Labute approximate surface area is 123 Å². The Morgan fingerprint density at radius 2 is 1.86 bits per heavy atom. The molecule has 21 heavy (non-hydrogen) atoms. The van der Waals surface area contributed by atoms with E-state index in [1.807, 2.05) is 32.0 Å². The van der Waals surface area contributed by atoms with E-state index in [-0.39, 0.29) is 18.3 Å². The molecule has 0 saturated heterocycles. The van der Waals surface area contributed by atoms with Gasteiger partial charge in [-0.05, 0) is 61.7 Å². The van der Waals surface area contributed by atoms with Crippen LogP contribution in [0.5, 0.6) is 5.75 Å². The molecule has 0 bridgehead atoms. The molecular weight excluding hydrogens is 269 g/mol. The Morgan fingerprint density at radius 1 is 1.10 bits per heavy atom. The van der Waals surface area contributed by atoms with Gasteiger partial charge < -0.3 is 10.1 Å². The van der Waals surface area contributed by atoms with Crippen molar-refractivity contribution in [2.45, 2.75) is 20.8 Å². The van der Waals surface area contributed by atoms with Crippen LogP contribution in [0, 0.1) is 26.6 Å². The molecule has 0 atom stereocenters. The molecule has 2 rings (SSSR count). The minimum atomic E-state index is -0.322. The molecule has 0 saturated carbocycles. The third-order valence-corrected chi connectivity index (χ3v) is 3.16. The molecule has 2 aromatic carbocycles. The number of ether oxygens (including phenoxy) is 1. The molecule has 0 aliphatic rings. The van der Waals surface area contributed by atoms with Crippen LogP contribution in [0.3, 0.4) is 0 Å². The van der Waals surface area contributed by atoms with Crippen LogP contribution in [0.2, 0.25) is 0 Å². The lowest BCUT2D eigenvalue weighted by molar-refractivity contribution is -0.118. The minimum Gasteiger partial charge on any atom is -0.483 e. The molecule has 0 radical (unpaired) electrons. The maximum absolute atomic E-state index is 13.0. The lowest BCUT2D eigenvalue weighted by Gasteiger charge is -2.11. The minimum absolute atomic E-state index is 0.0822. The second-order valence-corrected chi connectivity index (χ2v) is 5.07. The summed E-state index contributed by atoms with van der Waals surface area (Å²) in [5.74, 6) is 0.101. The van der Waals surface area contributed by atoms with Crippen LogP contribution in [0.4, 0.5) is 10.1 Å². The van der Waals surface area contributed by atoms with Gasteiger partial charge in [0.2, 0.25) is 0 Å². The number of hydrogen-bond donors (Lipinski definition) is 1. The fraction of sp³-hybridized carbons (Fsp3) is 0.235. The zero-order valence-corrected chi connectivity index (χ0v) is 12.4. The fourth-order valence-electron chi connectivity index (χ4n) is 1.96. The van der Waals surface area contributed by atoms with E-state index in [1.54, 1.807) is 13.0 Å². The molecule has 0 fully saturated rings. The third-order valence-electron chi connectivity index (χ3n) is 3.16. The first-order valence-electron chi connectivity index (χ1n) is 6.72. The number of amides is 1. The number of carbonyl (C=O) groups excluding carboxylic acids is 1. The number of aryl methyl sites for hydroxylation is 3. The van der Waals surface area contributed by atoms with E-state index in [2.05, 4.69) is 5.32 Å². The van der Waals surface area contributed by atoms with Crippen molar-refractivity contribution in [1.82, 2.24) is 0 Å². The number of nitrogens with one attached hydrogen (secondary N) is 1. The molecule has 0 aliphatic heterocycles. The van der Waals surface area contributed by atoms with Crippen LogP contribution in [-0.2, 0) is 4.79 Å². The lowest BCUT2D eigenvalue weighted by atomic mass is 10.1. The van der Waals surface area contributed by atoms with E-state index < -0.39 is 0 Å². The van der Waals surface area contributed by atoms with Gasteiger partial charge >= 0.3 is 0 Å². The molecule has 0 unspecified atom stereocenters. The zero-order valence-electron chi connectivity index (χ0n) is 12.4. The number of carbonyl (C=O) groups is 1. The second kappa shape index (κ2) is 6.39. The van der Waals surface area contributed by atoms with Crippen molar-refractivity contribution < 1.29 is 13.9 Å². The highest BCUT2D eigenvalue weighted by atomic mass is 19.1. The average molecular weight is 287 g/mol. The van der Waals surface area contributed by atoms with E-state index in [1.165, 1.54) is 12.1 Å². The van der Waals surface area contributed by atoms with Gasteiger partial charge in [-0.1, -0.05) is 12.1 Å². The van der Waals surface area contributed by atoms with Gasteiger partial charge in [0.05, 0.1) is 0 Å². The number of halogens is 1. The predicted molar refractivity (Wildman–Crippen MR) is 81.2 cm³/mol. The maximum Gasteiger partial charge on any atom is 0.262 e. The van der Waals surface area contributed by atoms with Crippen molar-refractivity contribution in [2.75, 3.05) is 11.9 Å². The summed E-state index contributed by atoms with van der Waals surface area (Å²) in [7, 11) is 0. The standard InChI is InChI=1S/C17H18FNO2/c1-11-4-5-12(2)16(8-11)21-10-17(20)19-15-7-6-14(18)9-13(15)3/h4-9H,10H2,1-3H3,(H,19,20). The summed E-state index contributed by atoms with van der Waals surface area (Å²) in [6.45, 7) is 5.55. The number of benzene rings is 2. The van der Waals surface area contributed by atoms with Crippen LogP contribution in [0.25, 0.3) is 0 Å². The van der Waals surface area contributed by atoms with Crippen LogP contribution in [-0.4, -0.2) is 12.5 Å². The first-order valence-corrected chi connectivity index (χ1v) is 6.72. The van der Waals surface area contributed by atoms with Gasteiger partial charge in [-0.2, -0.15) is 0 Å². The summed E-state index contributed by atoms with van der Waals surface area (Å²) < 4.78 is 18.5. The molecule has 0 heterocycles. The van der Waals surface area contributed by atoms with E-state index in [0.29, 0.717) is 17.0 Å². The van der Waals surface area contributed by atoms with Gasteiger partial charge in [-0.25, -0.2) is 4.39 Å². The maximum atomic E-state index is 13.0. The molecule has 110 valence electrons. The van der Waals surface area contributed by atoms with Gasteiger partial charge in [0.25, 0.3) is 5.91 Å². The highest BCUT2D eigenvalue weighted by Crippen LogP contribution is 2.19. The summed E-state index contributed by atoms with van der Waals surface area (Å²) in [5, 5.41) is 2.71. The third kappa shape index (κ3) is 4.05. The lowest BCUT2D eigenvalue weighted by Crippen LogP contribution is -2.21. The number of anilines is 1. The van der Waals surface area contributed by atoms with E-state index in [9.17, 15) is 9.18 Å². The molecule has 0 spiro atoms. The topological polar surface area (TPSA) is 38.3 Å². The Hall–Kier alpha value is -2.36. The van der Waals surface area contributed by atoms with Crippen molar-refractivity contribution in [2.24, 2.45) is 0 Å². The number of hydrogen-bond acceptors (Lipinski definition) is 2. The summed E-state index contributed by atoms with van der Waals surface area (Å²) in [4.78, 5) is 11.9. The first kappa shape index (κ1) is 15.0. The van der Waals surface area contributed by atoms with Crippen molar-refractivity contribution in [3.05, 3.63) is 58.9 Å². The van der Waals surface area contributed by atoms with Crippen molar-refractivity contribution in [3.63, 3.8) is 0 Å². The van der Waals surface area contributed by atoms with Crippen LogP contribution >= 0.6 is 0 Å². The molecule has 0 aliphatic carbocycles. The Morgan fingerprint density at radius 3 is 2.57 bits per heavy atom.